The molecule has 0 aromatic rings. The molecule has 0 rings (SSSR count). The number of hydrogen-bond acceptors (Lipinski definition) is 6. The second kappa shape index (κ2) is 37.2. The molecule has 0 aliphatic carbocycles. The first-order valence-electron chi connectivity index (χ1n) is 21.7. The summed E-state index contributed by atoms with van der Waals surface area (Å²) >= 11 is 0. The van der Waals surface area contributed by atoms with Crippen molar-refractivity contribution in [3.8, 4) is 0 Å². The number of hydrogen-bond donors (Lipinski definition) is 0. The first-order valence-corrected chi connectivity index (χ1v) is 21.7. The smallest absolute Gasteiger partial charge is 0.306 e. The van der Waals surface area contributed by atoms with Crippen molar-refractivity contribution in [1.29, 1.82) is 0 Å². The van der Waals surface area contributed by atoms with E-state index in [0.29, 0.717) is 19.3 Å². The fraction of sp³-hybridized carbons (Fsp3) is 0.932. The van der Waals surface area contributed by atoms with Gasteiger partial charge in [-0.1, -0.05) is 195 Å². The average Bonchev–Trinajstić information content (AvgIpc) is 3.08. The van der Waals surface area contributed by atoms with E-state index in [0.717, 1.165) is 69.6 Å². The summed E-state index contributed by atoms with van der Waals surface area (Å²) in [7, 11) is 0. The summed E-state index contributed by atoms with van der Waals surface area (Å²) in [6, 6.07) is 0. The number of ether oxygens (including phenoxy) is 3. The van der Waals surface area contributed by atoms with Crippen molar-refractivity contribution in [1.82, 2.24) is 0 Å². The standard InChI is InChI=1S/C44H84O6/c1-6-7-8-9-10-11-14-19-24-29-34-42(45)48-37-41(38-49-43(46)35-30-25-21-16-18-23-28-33-40(4)5)50-44(47)36-31-26-20-15-12-13-17-22-27-32-39(2)3/h39-41H,6-38H2,1-5H3/t41-/m1/s1. The third kappa shape index (κ3) is 37.7. The Morgan fingerprint density at radius 3 is 0.980 bits per heavy atom. The van der Waals surface area contributed by atoms with Crippen LogP contribution in [0.25, 0.3) is 0 Å². The predicted molar refractivity (Wildman–Crippen MR) is 210 cm³/mol. The summed E-state index contributed by atoms with van der Waals surface area (Å²) in [4.78, 5) is 37.6. The van der Waals surface area contributed by atoms with Gasteiger partial charge in [0.2, 0.25) is 0 Å². The van der Waals surface area contributed by atoms with Gasteiger partial charge >= 0.3 is 17.9 Å². The van der Waals surface area contributed by atoms with Crippen LogP contribution in [0.2, 0.25) is 0 Å². The minimum Gasteiger partial charge on any atom is -0.462 e. The highest BCUT2D eigenvalue weighted by atomic mass is 16.6. The molecule has 0 fully saturated rings. The monoisotopic (exact) mass is 709 g/mol. The number of rotatable bonds is 38. The minimum atomic E-state index is -0.760. The minimum absolute atomic E-state index is 0.0659. The predicted octanol–water partition coefficient (Wildman–Crippen LogP) is 13.4. The summed E-state index contributed by atoms with van der Waals surface area (Å²) in [6.07, 6.45) is 33.8. The van der Waals surface area contributed by atoms with Gasteiger partial charge in [0.1, 0.15) is 13.2 Å². The van der Waals surface area contributed by atoms with Crippen LogP contribution in [0, 0.1) is 11.8 Å². The van der Waals surface area contributed by atoms with Crippen molar-refractivity contribution in [2.45, 2.75) is 240 Å². The second-order valence-electron chi connectivity index (χ2n) is 15.9. The van der Waals surface area contributed by atoms with Gasteiger partial charge in [0, 0.05) is 19.3 Å². The van der Waals surface area contributed by atoms with Crippen molar-refractivity contribution >= 4 is 17.9 Å². The normalized spacial score (nSPS) is 12.1. The van der Waals surface area contributed by atoms with Gasteiger partial charge < -0.3 is 14.2 Å². The third-order valence-electron chi connectivity index (χ3n) is 9.72. The molecule has 0 heterocycles. The molecule has 0 aliphatic heterocycles. The van der Waals surface area contributed by atoms with Crippen LogP contribution in [0.1, 0.15) is 234 Å². The fourth-order valence-electron chi connectivity index (χ4n) is 6.40. The van der Waals surface area contributed by atoms with E-state index < -0.39 is 6.10 Å². The van der Waals surface area contributed by atoms with E-state index >= 15 is 0 Å². The lowest BCUT2D eigenvalue weighted by Crippen LogP contribution is -2.30. The Hall–Kier alpha value is -1.59. The molecule has 0 saturated carbocycles. The number of carbonyl (C=O) groups is 3. The highest BCUT2D eigenvalue weighted by Crippen LogP contribution is 2.16. The van der Waals surface area contributed by atoms with Crippen LogP contribution in [0.5, 0.6) is 0 Å². The summed E-state index contributed by atoms with van der Waals surface area (Å²) in [5.74, 6) is 0.722. The molecule has 0 spiro atoms. The molecule has 6 heteroatoms. The Morgan fingerprint density at radius 1 is 0.380 bits per heavy atom. The Morgan fingerprint density at radius 2 is 0.660 bits per heavy atom. The topological polar surface area (TPSA) is 78.9 Å². The van der Waals surface area contributed by atoms with Crippen LogP contribution in [-0.4, -0.2) is 37.2 Å². The molecule has 0 radical (unpaired) electrons. The van der Waals surface area contributed by atoms with Crippen LogP contribution in [0.4, 0.5) is 0 Å². The van der Waals surface area contributed by atoms with Crippen LogP contribution >= 0.6 is 0 Å². The molecule has 0 amide bonds. The fourth-order valence-corrected chi connectivity index (χ4v) is 6.40. The van der Waals surface area contributed by atoms with Crippen LogP contribution in [0.15, 0.2) is 0 Å². The van der Waals surface area contributed by atoms with E-state index in [1.54, 1.807) is 0 Å². The largest absolute Gasteiger partial charge is 0.462 e. The molecule has 0 aromatic carbocycles. The molecule has 0 N–H and O–H groups in total. The van der Waals surface area contributed by atoms with Crippen molar-refractivity contribution in [2.24, 2.45) is 11.8 Å². The lowest BCUT2D eigenvalue weighted by molar-refractivity contribution is -0.167. The number of carbonyl (C=O) groups excluding carboxylic acids is 3. The molecule has 0 saturated heterocycles. The number of esters is 3. The van der Waals surface area contributed by atoms with Gasteiger partial charge in [-0.15, -0.1) is 0 Å². The van der Waals surface area contributed by atoms with Gasteiger partial charge in [-0.2, -0.15) is 0 Å². The Labute approximate surface area is 310 Å². The molecule has 1 atom stereocenters. The molecule has 6 nitrogen and oxygen atoms in total. The molecular formula is C44H84O6. The Bertz CT molecular complexity index is 764. The summed E-state index contributed by atoms with van der Waals surface area (Å²) in [5.41, 5.74) is 0. The molecule has 0 bridgehead atoms. The van der Waals surface area contributed by atoms with E-state index in [9.17, 15) is 14.4 Å². The van der Waals surface area contributed by atoms with Gasteiger partial charge in [0.05, 0.1) is 0 Å². The van der Waals surface area contributed by atoms with Crippen LogP contribution in [-0.2, 0) is 28.6 Å². The molecule has 0 unspecified atom stereocenters. The van der Waals surface area contributed by atoms with Crippen molar-refractivity contribution < 1.29 is 28.6 Å². The maximum absolute atomic E-state index is 12.7. The second-order valence-corrected chi connectivity index (χ2v) is 15.9. The lowest BCUT2D eigenvalue weighted by Gasteiger charge is -2.18. The van der Waals surface area contributed by atoms with Gasteiger partial charge in [-0.3, -0.25) is 14.4 Å². The van der Waals surface area contributed by atoms with Crippen molar-refractivity contribution in [2.75, 3.05) is 13.2 Å². The zero-order valence-electron chi connectivity index (χ0n) is 34.0. The van der Waals surface area contributed by atoms with Crippen LogP contribution < -0.4 is 0 Å². The summed E-state index contributed by atoms with van der Waals surface area (Å²) in [6.45, 7) is 11.2. The van der Waals surface area contributed by atoms with Gasteiger partial charge in [0.15, 0.2) is 6.10 Å². The maximum Gasteiger partial charge on any atom is 0.306 e. The first-order chi connectivity index (χ1) is 24.2. The average molecular weight is 709 g/mol. The van der Waals surface area contributed by atoms with E-state index in [-0.39, 0.29) is 31.1 Å². The zero-order valence-corrected chi connectivity index (χ0v) is 34.0. The molecule has 296 valence electrons. The summed E-state index contributed by atoms with van der Waals surface area (Å²) in [5, 5.41) is 0. The molecule has 0 aliphatic rings. The van der Waals surface area contributed by atoms with Crippen molar-refractivity contribution in [3.63, 3.8) is 0 Å². The summed E-state index contributed by atoms with van der Waals surface area (Å²) < 4.78 is 16.7. The van der Waals surface area contributed by atoms with E-state index in [1.807, 2.05) is 0 Å². The van der Waals surface area contributed by atoms with Crippen molar-refractivity contribution in [3.05, 3.63) is 0 Å². The third-order valence-corrected chi connectivity index (χ3v) is 9.72. The van der Waals surface area contributed by atoms with Gasteiger partial charge in [-0.25, -0.2) is 0 Å². The first kappa shape index (κ1) is 48.4. The maximum atomic E-state index is 12.7. The molecular weight excluding hydrogens is 624 g/mol. The van der Waals surface area contributed by atoms with E-state index in [4.69, 9.17) is 14.2 Å². The Balaban J connectivity index is 4.35. The van der Waals surface area contributed by atoms with E-state index in [2.05, 4.69) is 34.6 Å². The quantitative estimate of drug-likeness (QED) is 0.0361. The zero-order chi connectivity index (χ0) is 36.9. The Kier molecular flexibility index (Phi) is 36.0. The molecule has 50 heavy (non-hydrogen) atoms. The van der Waals surface area contributed by atoms with Gasteiger partial charge in [0.25, 0.3) is 0 Å². The van der Waals surface area contributed by atoms with E-state index in [1.165, 1.54) is 122 Å². The highest BCUT2D eigenvalue weighted by molar-refractivity contribution is 5.71. The highest BCUT2D eigenvalue weighted by Gasteiger charge is 2.19. The molecule has 0 aromatic heterocycles. The lowest BCUT2D eigenvalue weighted by atomic mass is 10.0. The number of unbranched alkanes of at least 4 members (excludes halogenated alkanes) is 23. The van der Waals surface area contributed by atoms with Crippen LogP contribution in [0.3, 0.4) is 0 Å². The van der Waals surface area contributed by atoms with Gasteiger partial charge in [-0.05, 0) is 31.1 Å². The SMILES string of the molecule is CCCCCCCCCCCCC(=O)OC[C@H](COC(=O)CCCCCCCCCC(C)C)OC(=O)CCCCCCCCCCCC(C)C.